The highest BCUT2D eigenvalue weighted by atomic mass is 16.1. The van der Waals surface area contributed by atoms with Gasteiger partial charge in [-0.2, -0.15) is 0 Å². The Morgan fingerprint density at radius 2 is 1.91 bits per heavy atom. The average Bonchev–Trinajstić information content (AvgIpc) is 2.05. The fraction of sp³-hybridized carbons (Fsp3) is 0.875. The predicted octanol–water partition coefficient (Wildman–Crippen LogP) is 0.0796. The van der Waals surface area contributed by atoms with Crippen LogP contribution in [0.1, 0.15) is 12.8 Å². The van der Waals surface area contributed by atoms with Crippen LogP contribution in [0.5, 0.6) is 0 Å². The Morgan fingerprint density at radius 3 is 2.27 bits per heavy atom. The summed E-state index contributed by atoms with van der Waals surface area (Å²) in [4.78, 5) is 14.2. The van der Waals surface area contributed by atoms with Crippen LogP contribution < -0.4 is 0 Å². The van der Waals surface area contributed by atoms with E-state index in [-0.39, 0.29) is 0 Å². The summed E-state index contributed by atoms with van der Waals surface area (Å²) in [7, 11) is 4.18. The Hall–Kier alpha value is -0.570. The third kappa shape index (κ3) is 2.19. The minimum absolute atomic E-state index is 0.652. The first-order valence-corrected chi connectivity index (χ1v) is 4.03. The molecule has 0 N–H and O–H groups in total. The Morgan fingerprint density at radius 1 is 1.36 bits per heavy atom. The van der Waals surface area contributed by atoms with Gasteiger partial charge in [-0.25, -0.2) is 0 Å². The Labute approximate surface area is 68.0 Å². The largest absolute Gasteiger partial charge is 0.334 e. The van der Waals surface area contributed by atoms with Gasteiger partial charge in [-0.3, -0.25) is 4.79 Å². The van der Waals surface area contributed by atoms with Gasteiger partial charge in [0.15, 0.2) is 0 Å². The summed E-state index contributed by atoms with van der Waals surface area (Å²) in [5, 5.41) is 0. The fourth-order valence-corrected chi connectivity index (χ4v) is 1.47. The topological polar surface area (TPSA) is 23.6 Å². The van der Waals surface area contributed by atoms with E-state index in [0.717, 1.165) is 25.9 Å². The molecule has 1 aliphatic rings. The summed E-state index contributed by atoms with van der Waals surface area (Å²) in [5.41, 5.74) is 0. The number of hydrogen-bond donors (Lipinski definition) is 0. The Balaban J connectivity index is 2.29. The van der Waals surface area contributed by atoms with Gasteiger partial charge in [0.05, 0.1) is 0 Å². The lowest BCUT2D eigenvalue weighted by molar-refractivity contribution is 0.188. The molecular weight excluding hydrogens is 140 g/mol. The lowest BCUT2D eigenvalue weighted by Gasteiger charge is -2.32. The molecule has 3 heteroatoms. The molecular formula is C8H15N2O. The standard InChI is InChI=1S/C8H15N2O/c1-9(2)8-3-5-10(7-11)6-4-8/h8H,3-6H2,1-2H3. The van der Waals surface area contributed by atoms with Crippen molar-refractivity contribution in [2.24, 2.45) is 0 Å². The van der Waals surface area contributed by atoms with Crippen LogP contribution >= 0.6 is 0 Å². The second-order valence-corrected chi connectivity index (χ2v) is 3.27. The quantitative estimate of drug-likeness (QED) is 0.564. The molecule has 1 aliphatic heterocycles. The molecule has 0 atom stereocenters. The lowest BCUT2D eigenvalue weighted by Crippen LogP contribution is -2.41. The number of amides is 1. The van der Waals surface area contributed by atoms with Gasteiger partial charge in [0.25, 0.3) is 0 Å². The van der Waals surface area contributed by atoms with E-state index in [1.807, 2.05) is 6.41 Å². The zero-order chi connectivity index (χ0) is 8.27. The molecule has 1 heterocycles. The van der Waals surface area contributed by atoms with Gasteiger partial charge in [-0.15, -0.1) is 0 Å². The average molecular weight is 155 g/mol. The van der Waals surface area contributed by atoms with E-state index in [0.29, 0.717) is 6.04 Å². The van der Waals surface area contributed by atoms with Crippen molar-refractivity contribution in [3.8, 4) is 0 Å². The normalized spacial score (nSPS) is 20.8. The van der Waals surface area contributed by atoms with Crippen molar-refractivity contribution < 1.29 is 4.79 Å². The molecule has 0 saturated carbocycles. The summed E-state index contributed by atoms with van der Waals surface area (Å²) in [6, 6.07) is 0.652. The van der Waals surface area contributed by atoms with Gasteiger partial charge in [0.1, 0.15) is 0 Å². The molecule has 0 unspecified atom stereocenters. The van der Waals surface area contributed by atoms with Gasteiger partial charge < -0.3 is 9.80 Å². The smallest absolute Gasteiger partial charge is 0.312 e. The van der Waals surface area contributed by atoms with E-state index < -0.39 is 0 Å². The van der Waals surface area contributed by atoms with Crippen LogP contribution in [-0.4, -0.2) is 49.4 Å². The molecule has 11 heavy (non-hydrogen) atoms. The molecule has 1 radical (unpaired) electrons. The zero-order valence-corrected chi connectivity index (χ0v) is 7.21. The number of piperidine rings is 1. The minimum Gasteiger partial charge on any atom is -0.334 e. The third-order valence-corrected chi connectivity index (χ3v) is 2.32. The van der Waals surface area contributed by atoms with E-state index in [2.05, 4.69) is 19.0 Å². The van der Waals surface area contributed by atoms with Crippen molar-refractivity contribution >= 4 is 6.41 Å². The fourth-order valence-electron chi connectivity index (χ4n) is 1.47. The molecule has 0 aromatic rings. The highest BCUT2D eigenvalue weighted by Gasteiger charge is 2.19. The molecule has 1 fully saturated rings. The third-order valence-electron chi connectivity index (χ3n) is 2.32. The van der Waals surface area contributed by atoms with Crippen molar-refractivity contribution in [2.45, 2.75) is 18.9 Å². The number of likely N-dealkylation sites (tertiary alicyclic amines) is 1. The van der Waals surface area contributed by atoms with E-state index >= 15 is 0 Å². The monoisotopic (exact) mass is 155 g/mol. The summed E-state index contributed by atoms with van der Waals surface area (Å²) < 4.78 is 0. The van der Waals surface area contributed by atoms with Crippen LogP contribution in [0.3, 0.4) is 0 Å². The molecule has 0 aromatic heterocycles. The molecule has 0 bridgehead atoms. The number of hydrogen-bond acceptors (Lipinski definition) is 2. The molecule has 1 saturated heterocycles. The van der Waals surface area contributed by atoms with E-state index in [1.54, 1.807) is 4.90 Å². The van der Waals surface area contributed by atoms with Crippen molar-refractivity contribution in [3.05, 3.63) is 0 Å². The summed E-state index contributed by atoms with van der Waals surface area (Å²) >= 11 is 0. The van der Waals surface area contributed by atoms with Crippen molar-refractivity contribution in [2.75, 3.05) is 27.2 Å². The van der Waals surface area contributed by atoms with Gasteiger partial charge >= 0.3 is 6.41 Å². The first-order chi connectivity index (χ1) is 5.24. The summed E-state index contributed by atoms with van der Waals surface area (Å²) in [6.07, 6.45) is 4.10. The molecule has 0 spiro atoms. The van der Waals surface area contributed by atoms with Crippen LogP contribution in [0.15, 0.2) is 0 Å². The molecule has 3 nitrogen and oxygen atoms in total. The van der Waals surface area contributed by atoms with E-state index in [4.69, 9.17) is 0 Å². The number of rotatable bonds is 2. The van der Waals surface area contributed by atoms with Gasteiger partial charge in [0, 0.05) is 19.1 Å². The second-order valence-electron chi connectivity index (χ2n) is 3.27. The first-order valence-electron chi connectivity index (χ1n) is 4.03. The van der Waals surface area contributed by atoms with Gasteiger partial charge in [-0.05, 0) is 26.9 Å². The van der Waals surface area contributed by atoms with Crippen molar-refractivity contribution in [1.29, 1.82) is 0 Å². The van der Waals surface area contributed by atoms with Crippen LogP contribution in [0.2, 0.25) is 0 Å². The second kappa shape index (κ2) is 3.72. The van der Waals surface area contributed by atoms with Gasteiger partial charge in [-0.1, -0.05) is 0 Å². The van der Waals surface area contributed by atoms with Crippen molar-refractivity contribution in [1.82, 2.24) is 9.80 Å². The maximum Gasteiger partial charge on any atom is 0.312 e. The molecule has 0 aromatic carbocycles. The molecule has 63 valence electrons. The van der Waals surface area contributed by atoms with E-state index in [1.165, 1.54) is 0 Å². The van der Waals surface area contributed by atoms with Gasteiger partial charge in [0.2, 0.25) is 0 Å². The predicted molar refractivity (Wildman–Crippen MR) is 44.0 cm³/mol. The molecule has 1 rings (SSSR count). The molecule has 0 aliphatic carbocycles. The minimum atomic E-state index is 0.652. The number of nitrogens with zero attached hydrogens (tertiary/aromatic N) is 2. The number of carbonyl (C=O) groups excluding carboxylic acids is 1. The molecule has 1 amide bonds. The highest BCUT2D eigenvalue weighted by Crippen LogP contribution is 2.12. The van der Waals surface area contributed by atoms with Crippen LogP contribution in [0.25, 0.3) is 0 Å². The maximum atomic E-state index is 10.2. The SMILES string of the molecule is CN(C)C1CCN([C]=O)CC1. The first kappa shape index (κ1) is 8.53. The summed E-state index contributed by atoms with van der Waals surface area (Å²) in [5.74, 6) is 0. The van der Waals surface area contributed by atoms with Crippen LogP contribution in [-0.2, 0) is 4.79 Å². The Bertz CT molecular complexity index is 128. The highest BCUT2D eigenvalue weighted by molar-refractivity contribution is 5.48. The lowest BCUT2D eigenvalue weighted by atomic mass is 10.1. The Kier molecular flexibility index (Phi) is 2.88. The van der Waals surface area contributed by atoms with Crippen LogP contribution in [0, 0.1) is 0 Å². The maximum absolute atomic E-state index is 10.2. The van der Waals surface area contributed by atoms with Crippen LogP contribution in [0.4, 0.5) is 0 Å². The van der Waals surface area contributed by atoms with E-state index in [9.17, 15) is 4.79 Å². The van der Waals surface area contributed by atoms with Crippen molar-refractivity contribution in [3.63, 3.8) is 0 Å². The zero-order valence-electron chi connectivity index (χ0n) is 7.21. The summed E-state index contributed by atoms with van der Waals surface area (Å²) in [6.45, 7) is 1.73.